The van der Waals surface area contributed by atoms with Crippen LogP contribution in [0.2, 0.25) is 0 Å². The summed E-state index contributed by atoms with van der Waals surface area (Å²) >= 11 is 0. The van der Waals surface area contributed by atoms with E-state index in [1.54, 1.807) is 55.5 Å². The molecule has 174 valence electrons. The molecule has 0 amide bonds. The van der Waals surface area contributed by atoms with Gasteiger partial charge in [-0.05, 0) is 31.2 Å². The molecule has 3 rings (SSSR count). The standard InChI is InChI=1S/C8H8O.2C6H6O.H4O7P2/c1-7(9)8-5-3-2-4-6-8;2*7-6-4-2-1-3-5-6;1-8(2,3)7-9(4,5)6/h2-6H,1H3;2*1-5,7H;(H2,1,2,3)(H2,4,5,6). The lowest BCUT2D eigenvalue weighted by atomic mass is 10.2. The van der Waals surface area contributed by atoms with Gasteiger partial charge in [-0.25, -0.2) is 9.13 Å². The number of phosphoric acid groups is 2. The van der Waals surface area contributed by atoms with E-state index in [0.717, 1.165) is 5.56 Å². The molecular formula is C20H24O10P2. The van der Waals surface area contributed by atoms with Crippen molar-refractivity contribution >= 4 is 21.4 Å². The van der Waals surface area contributed by atoms with Crippen molar-refractivity contribution in [1.29, 1.82) is 0 Å². The van der Waals surface area contributed by atoms with Crippen molar-refractivity contribution < 1.29 is 48.0 Å². The van der Waals surface area contributed by atoms with Crippen LogP contribution in [0, 0.1) is 0 Å². The van der Waals surface area contributed by atoms with Gasteiger partial charge in [0.05, 0.1) is 0 Å². The second-order valence-electron chi connectivity index (χ2n) is 5.66. The van der Waals surface area contributed by atoms with Crippen LogP contribution < -0.4 is 0 Å². The van der Waals surface area contributed by atoms with Crippen molar-refractivity contribution in [2.45, 2.75) is 6.92 Å². The molecule has 0 saturated carbocycles. The van der Waals surface area contributed by atoms with Crippen molar-refractivity contribution in [2.75, 3.05) is 0 Å². The number of Topliss-reactive ketones (excluding diaryl/α,β-unsaturated/α-hetero) is 1. The third kappa shape index (κ3) is 19.2. The van der Waals surface area contributed by atoms with Crippen LogP contribution in [-0.2, 0) is 13.4 Å². The molecule has 12 heteroatoms. The SMILES string of the molecule is CC(=O)c1ccccc1.O=P(O)(O)OP(=O)(O)O.Oc1ccccc1.Oc1ccccc1. The van der Waals surface area contributed by atoms with Gasteiger partial charge < -0.3 is 29.8 Å². The van der Waals surface area contributed by atoms with Gasteiger partial charge >= 0.3 is 15.6 Å². The molecule has 0 aliphatic carbocycles. The van der Waals surface area contributed by atoms with Gasteiger partial charge in [0.25, 0.3) is 0 Å². The van der Waals surface area contributed by atoms with Crippen LogP contribution in [0.15, 0.2) is 91.0 Å². The summed E-state index contributed by atoms with van der Waals surface area (Å²) in [6, 6.07) is 26.7. The Morgan fingerprint density at radius 2 is 0.906 bits per heavy atom. The van der Waals surface area contributed by atoms with Crippen molar-refractivity contribution in [3.05, 3.63) is 96.6 Å². The van der Waals surface area contributed by atoms with Crippen LogP contribution in [-0.4, -0.2) is 35.6 Å². The summed E-state index contributed by atoms with van der Waals surface area (Å²) in [7, 11) is -10.1. The fourth-order valence-electron chi connectivity index (χ4n) is 1.67. The fraction of sp³-hybridized carbons (Fsp3) is 0.0500. The summed E-state index contributed by atoms with van der Waals surface area (Å²) in [4.78, 5) is 41.6. The van der Waals surface area contributed by atoms with Gasteiger partial charge in [-0.1, -0.05) is 66.7 Å². The minimum Gasteiger partial charge on any atom is -0.508 e. The van der Waals surface area contributed by atoms with Crippen molar-refractivity contribution in [1.82, 2.24) is 0 Å². The zero-order valence-electron chi connectivity index (χ0n) is 16.9. The summed E-state index contributed by atoms with van der Waals surface area (Å²) in [6.45, 7) is 1.56. The lowest BCUT2D eigenvalue weighted by Gasteiger charge is -2.03. The average Bonchev–Trinajstić information content (AvgIpc) is 2.68. The minimum absolute atomic E-state index is 0.121. The van der Waals surface area contributed by atoms with Crippen LogP contribution in [0.5, 0.6) is 11.5 Å². The predicted molar refractivity (Wildman–Crippen MR) is 118 cm³/mol. The molecule has 0 atom stereocenters. The number of ketones is 1. The first kappa shape index (κ1) is 29.2. The zero-order valence-corrected chi connectivity index (χ0v) is 18.7. The number of phenols is 2. The Labute approximate surface area is 184 Å². The molecule has 32 heavy (non-hydrogen) atoms. The van der Waals surface area contributed by atoms with E-state index in [-0.39, 0.29) is 5.78 Å². The molecule has 0 radical (unpaired) electrons. The molecule has 0 aliphatic rings. The number of hydrogen-bond acceptors (Lipinski definition) is 6. The number of rotatable bonds is 3. The third-order valence-electron chi connectivity index (χ3n) is 2.91. The number of aromatic hydroxyl groups is 2. The van der Waals surface area contributed by atoms with Crippen LogP contribution in [0.4, 0.5) is 0 Å². The topological polar surface area (TPSA) is 182 Å². The van der Waals surface area contributed by atoms with Gasteiger partial charge in [0, 0.05) is 5.56 Å². The summed E-state index contributed by atoms with van der Waals surface area (Å²) < 4.78 is 22.2. The number of para-hydroxylation sites is 2. The number of phenolic OH excluding ortho intramolecular Hbond substituents is 2. The van der Waals surface area contributed by atoms with Gasteiger partial charge in [0.15, 0.2) is 5.78 Å². The molecule has 0 saturated heterocycles. The maximum absolute atomic E-state index is 10.6. The van der Waals surface area contributed by atoms with Gasteiger partial charge in [-0.3, -0.25) is 4.79 Å². The maximum atomic E-state index is 10.6. The first-order valence-corrected chi connectivity index (χ1v) is 11.7. The smallest absolute Gasteiger partial charge is 0.478 e. The van der Waals surface area contributed by atoms with Gasteiger partial charge in [0.1, 0.15) is 11.5 Å². The van der Waals surface area contributed by atoms with E-state index >= 15 is 0 Å². The highest BCUT2D eigenvalue weighted by Gasteiger charge is 2.27. The van der Waals surface area contributed by atoms with E-state index in [0.29, 0.717) is 11.5 Å². The Hall–Kier alpha value is -2.81. The molecule has 0 aromatic heterocycles. The van der Waals surface area contributed by atoms with E-state index < -0.39 is 15.6 Å². The average molecular weight is 486 g/mol. The fourth-order valence-corrected chi connectivity index (χ4v) is 2.78. The Morgan fingerprint density at radius 1 is 0.625 bits per heavy atom. The van der Waals surface area contributed by atoms with E-state index in [4.69, 9.17) is 29.8 Å². The van der Waals surface area contributed by atoms with Gasteiger partial charge in [0.2, 0.25) is 0 Å². The normalized spacial score (nSPS) is 10.2. The Kier molecular flexibility index (Phi) is 13.7. The van der Waals surface area contributed by atoms with Crippen LogP contribution in [0.25, 0.3) is 0 Å². The monoisotopic (exact) mass is 486 g/mol. The molecule has 0 unspecified atom stereocenters. The lowest BCUT2D eigenvalue weighted by Crippen LogP contribution is -1.88. The summed E-state index contributed by atoms with van der Waals surface area (Å²) in [5.41, 5.74) is 0.775. The lowest BCUT2D eigenvalue weighted by molar-refractivity contribution is 0.101. The number of carbonyl (C=O) groups excluding carboxylic acids is 1. The summed E-state index contributed by atoms with van der Waals surface area (Å²) in [5.74, 6) is 0.764. The molecule has 3 aromatic carbocycles. The van der Waals surface area contributed by atoms with Crippen LogP contribution in [0.1, 0.15) is 17.3 Å². The molecule has 3 aromatic rings. The zero-order chi connectivity index (χ0) is 24.6. The molecule has 0 bridgehead atoms. The van der Waals surface area contributed by atoms with Crippen molar-refractivity contribution in [3.63, 3.8) is 0 Å². The Bertz CT molecular complexity index is 929. The van der Waals surface area contributed by atoms with E-state index in [9.17, 15) is 13.9 Å². The van der Waals surface area contributed by atoms with Gasteiger partial charge in [-0.2, -0.15) is 4.31 Å². The number of hydrogen-bond donors (Lipinski definition) is 6. The minimum atomic E-state index is -5.05. The molecule has 0 spiro atoms. The molecule has 10 nitrogen and oxygen atoms in total. The number of benzene rings is 3. The van der Waals surface area contributed by atoms with Crippen LogP contribution in [0.3, 0.4) is 0 Å². The van der Waals surface area contributed by atoms with Gasteiger partial charge in [-0.15, -0.1) is 0 Å². The molecular weight excluding hydrogens is 462 g/mol. The third-order valence-corrected chi connectivity index (χ3v) is 4.61. The van der Waals surface area contributed by atoms with E-state index in [2.05, 4.69) is 4.31 Å². The first-order valence-electron chi connectivity index (χ1n) is 8.66. The highest BCUT2D eigenvalue weighted by molar-refractivity contribution is 7.60. The highest BCUT2D eigenvalue weighted by Crippen LogP contribution is 2.53. The Morgan fingerprint density at radius 3 is 1.03 bits per heavy atom. The second kappa shape index (κ2) is 15.1. The quantitative estimate of drug-likeness (QED) is 0.235. The second-order valence-corrected chi connectivity index (χ2v) is 8.27. The molecule has 0 aliphatic heterocycles. The van der Waals surface area contributed by atoms with Crippen LogP contribution >= 0.6 is 15.6 Å². The van der Waals surface area contributed by atoms with E-state index in [1.165, 1.54) is 0 Å². The predicted octanol–water partition coefficient (Wildman–Crippen LogP) is 3.86. The largest absolute Gasteiger partial charge is 0.508 e. The first-order chi connectivity index (χ1) is 14.8. The molecule has 0 fully saturated rings. The molecule has 6 N–H and O–H groups in total. The highest BCUT2D eigenvalue weighted by atomic mass is 31.3. The molecule has 0 heterocycles. The van der Waals surface area contributed by atoms with Crippen molar-refractivity contribution in [2.24, 2.45) is 0 Å². The number of carbonyl (C=O) groups is 1. The maximum Gasteiger partial charge on any atom is 0.478 e. The summed E-state index contributed by atoms with van der Waals surface area (Å²) in [6.07, 6.45) is 0. The van der Waals surface area contributed by atoms with Crippen molar-refractivity contribution in [3.8, 4) is 11.5 Å². The summed E-state index contributed by atoms with van der Waals surface area (Å²) in [5, 5.41) is 17.3. The Balaban J connectivity index is 0.000000403. The van der Waals surface area contributed by atoms with E-state index in [1.807, 2.05) is 42.5 Å².